The van der Waals surface area contributed by atoms with Crippen molar-refractivity contribution in [3.05, 3.63) is 0 Å². The lowest BCUT2D eigenvalue weighted by molar-refractivity contribution is 0.257. The van der Waals surface area contributed by atoms with Crippen molar-refractivity contribution < 1.29 is 8.42 Å². The van der Waals surface area contributed by atoms with Crippen molar-refractivity contribution in [2.24, 2.45) is 17.6 Å². The minimum Gasteiger partial charge on any atom is -0.330 e. The molecule has 20 heavy (non-hydrogen) atoms. The maximum absolute atomic E-state index is 12.7. The van der Waals surface area contributed by atoms with E-state index in [0.29, 0.717) is 44.6 Å². The highest BCUT2D eigenvalue weighted by Gasteiger charge is 2.33. The number of nitrogens with two attached hydrogens (primary N) is 1. The van der Waals surface area contributed by atoms with Gasteiger partial charge in [0.2, 0.25) is 0 Å². The molecular formula is C14H29N3O2S. The van der Waals surface area contributed by atoms with Gasteiger partial charge in [0.25, 0.3) is 10.2 Å². The third-order valence-corrected chi connectivity index (χ3v) is 6.98. The van der Waals surface area contributed by atoms with E-state index in [2.05, 4.69) is 6.92 Å². The molecule has 2 saturated heterocycles. The largest absolute Gasteiger partial charge is 0.330 e. The molecule has 2 rings (SSSR count). The molecule has 2 heterocycles. The summed E-state index contributed by atoms with van der Waals surface area (Å²) in [4.78, 5) is 0. The molecule has 0 aromatic heterocycles. The summed E-state index contributed by atoms with van der Waals surface area (Å²) in [7, 11) is -3.25. The Balaban J connectivity index is 1.96. The second kappa shape index (κ2) is 7.20. The highest BCUT2D eigenvalue weighted by molar-refractivity contribution is 7.86. The van der Waals surface area contributed by atoms with Crippen LogP contribution in [0.25, 0.3) is 0 Å². The first-order valence-electron chi connectivity index (χ1n) is 8.03. The second-order valence-corrected chi connectivity index (χ2v) is 8.12. The third-order valence-electron chi connectivity index (χ3n) is 4.94. The SMILES string of the molecule is CCC1CCCN(S(=O)(=O)N2CCC(CN)CC2)CC1. The molecule has 1 unspecified atom stereocenters. The zero-order valence-electron chi connectivity index (χ0n) is 12.6. The predicted molar refractivity (Wildman–Crippen MR) is 81.5 cm³/mol. The average molecular weight is 303 g/mol. The third kappa shape index (κ3) is 3.72. The van der Waals surface area contributed by atoms with Crippen LogP contribution in [-0.4, -0.2) is 49.8 Å². The minimum absolute atomic E-state index is 0.495. The average Bonchev–Trinajstić information content (AvgIpc) is 2.73. The van der Waals surface area contributed by atoms with E-state index in [0.717, 1.165) is 38.5 Å². The Morgan fingerprint density at radius 1 is 0.950 bits per heavy atom. The number of hydrogen-bond acceptors (Lipinski definition) is 3. The number of rotatable bonds is 4. The van der Waals surface area contributed by atoms with Crippen LogP contribution in [0.15, 0.2) is 0 Å². The maximum Gasteiger partial charge on any atom is 0.281 e. The van der Waals surface area contributed by atoms with Crippen molar-refractivity contribution in [3.63, 3.8) is 0 Å². The number of nitrogens with zero attached hydrogens (tertiary/aromatic N) is 2. The van der Waals surface area contributed by atoms with Crippen molar-refractivity contribution in [3.8, 4) is 0 Å². The van der Waals surface area contributed by atoms with Gasteiger partial charge in [-0.1, -0.05) is 13.3 Å². The molecule has 2 fully saturated rings. The summed E-state index contributed by atoms with van der Waals surface area (Å²) in [6.07, 6.45) is 6.14. The van der Waals surface area contributed by atoms with Gasteiger partial charge < -0.3 is 5.73 Å². The van der Waals surface area contributed by atoms with Gasteiger partial charge in [-0.05, 0) is 50.5 Å². The number of hydrogen-bond donors (Lipinski definition) is 1. The van der Waals surface area contributed by atoms with Gasteiger partial charge in [0.15, 0.2) is 0 Å². The molecular weight excluding hydrogens is 274 g/mol. The smallest absolute Gasteiger partial charge is 0.281 e. The first-order valence-corrected chi connectivity index (χ1v) is 9.43. The van der Waals surface area contributed by atoms with Crippen molar-refractivity contribution >= 4 is 10.2 Å². The van der Waals surface area contributed by atoms with E-state index in [4.69, 9.17) is 5.73 Å². The molecule has 118 valence electrons. The van der Waals surface area contributed by atoms with Gasteiger partial charge in [-0.25, -0.2) is 0 Å². The fourth-order valence-corrected chi connectivity index (χ4v) is 5.01. The van der Waals surface area contributed by atoms with Crippen LogP contribution in [0.4, 0.5) is 0 Å². The van der Waals surface area contributed by atoms with Crippen LogP contribution in [0.1, 0.15) is 45.4 Å². The topological polar surface area (TPSA) is 66.6 Å². The molecule has 2 N–H and O–H groups in total. The molecule has 0 saturated carbocycles. The Morgan fingerprint density at radius 2 is 1.50 bits per heavy atom. The van der Waals surface area contributed by atoms with Gasteiger partial charge in [-0.15, -0.1) is 0 Å². The van der Waals surface area contributed by atoms with Crippen molar-refractivity contribution in [2.75, 3.05) is 32.7 Å². The predicted octanol–water partition coefficient (Wildman–Crippen LogP) is 1.41. The zero-order chi connectivity index (χ0) is 14.6. The Bertz CT molecular complexity index is 391. The van der Waals surface area contributed by atoms with E-state index >= 15 is 0 Å². The van der Waals surface area contributed by atoms with Gasteiger partial charge in [-0.2, -0.15) is 17.0 Å². The van der Waals surface area contributed by atoms with E-state index in [1.165, 1.54) is 0 Å². The van der Waals surface area contributed by atoms with Crippen LogP contribution in [0.3, 0.4) is 0 Å². The highest BCUT2D eigenvalue weighted by Crippen LogP contribution is 2.25. The standard InChI is InChI=1S/C14H29N3O2S/c1-2-13-4-3-8-16(9-5-13)20(18,19)17-10-6-14(12-15)7-11-17/h13-14H,2-12,15H2,1H3. The lowest BCUT2D eigenvalue weighted by Gasteiger charge is -2.34. The molecule has 0 radical (unpaired) electrons. The molecule has 2 aliphatic heterocycles. The van der Waals surface area contributed by atoms with Gasteiger partial charge in [-0.3, -0.25) is 0 Å². The Labute approximate surface area is 123 Å². The fraction of sp³-hybridized carbons (Fsp3) is 1.00. The Morgan fingerprint density at radius 3 is 2.05 bits per heavy atom. The van der Waals surface area contributed by atoms with E-state index in [9.17, 15) is 8.42 Å². The van der Waals surface area contributed by atoms with Crippen LogP contribution < -0.4 is 5.73 Å². The highest BCUT2D eigenvalue weighted by atomic mass is 32.2. The Hall–Kier alpha value is -0.170. The number of piperidine rings is 1. The van der Waals surface area contributed by atoms with E-state index in [1.807, 2.05) is 0 Å². The van der Waals surface area contributed by atoms with E-state index < -0.39 is 10.2 Å². The van der Waals surface area contributed by atoms with Crippen LogP contribution in [0, 0.1) is 11.8 Å². The molecule has 0 bridgehead atoms. The molecule has 0 aromatic carbocycles. The van der Waals surface area contributed by atoms with E-state index in [1.54, 1.807) is 8.61 Å². The molecule has 5 nitrogen and oxygen atoms in total. The van der Waals surface area contributed by atoms with Crippen LogP contribution >= 0.6 is 0 Å². The molecule has 1 atom stereocenters. The van der Waals surface area contributed by atoms with E-state index in [-0.39, 0.29) is 0 Å². The molecule has 0 aliphatic carbocycles. The summed E-state index contributed by atoms with van der Waals surface area (Å²) in [5.41, 5.74) is 5.67. The summed E-state index contributed by atoms with van der Waals surface area (Å²) in [5.74, 6) is 1.19. The van der Waals surface area contributed by atoms with Gasteiger partial charge in [0.05, 0.1) is 0 Å². The molecule has 0 aromatic rings. The quantitative estimate of drug-likeness (QED) is 0.854. The summed E-state index contributed by atoms with van der Waals surface area (Å²) < 4.78 is 28.8. The fourth-order valence-electron chi connectivity index (χ4n) is 3.32. The minimum atomic E-state index is -3.25. The first-order chi connectivity index (χ1) is 9.57. The van der Waals surface area contributed by atoms with Crippen molar-refractivity contribution in [2.45, 2.75) is 45.4 Å². The van der Waals surface area contributed by atoms with Gasteiger partial charge >= 0.3 is 0 Å². The van der Waals surface area contributed by atoms with Crippen molar-refractivity contribution in [1.82, 2.24) is 8.61 Å². The normalized spacial score (nSPS) is 28.4. The van der Waals surface area contributed by atoms with Crippen LogP contribution in [-0.2, 0) is 10.2 Å². The van der Waals surface area contributed by atoms with Crippen LogP contribution in [0.5, 0.6) is 0 Å². The van der Waals surface area contributed by atoms with Gasteiger partial charge in [0, 0.05) is 26.2 Å². The monoisotopic (exact) mass is 303 g/mol. The molecule has 2 aliphatic rings. The van der Waals surface area contributed by atoms with Crippen molar-refractivity contribution in [1.29, 1.82) is 0 Å². The molecule has 0 amide bonds. The molecule has 6 heteroatoms. The summed E-state index contributed by atoms with van der Waals surface area (Å²) >= 11 is 0. The summed E-state index contributed by atoms with van der Waals surface area (Å²) in [5, 5.41) is 0. The summed E-state index contributed by atoms with van der Waals surface area (Å²) in [6.45, 7) is 5.53. The Kier molecular flexibility index (Phi) is 5.84. The summed E-state index contributed by atoms with van der Waals surface area (Å²) in [6, 6.07) is 0. The molecule has 0 spiro atoms. The zero-order valence-corrected chi connectivity index (χ0v) is 13.4. The van der Waals surface area contributed by atoms with Gasteiger partial charge in [0.1, 0.15) is 0 Å². The lowest BCUT2D eigenvalue weighted by Crippen LogP contribution is -2.48. The maximum atomic E-state index is 12.7. The van der Waals surface area contributed by atoms with Crippen LogP contribution in [0.2, 0.25) is 0 Å². The lowest BCUT2D eigenvalue weighted by atomic mass is 9.98. The second-order valence-electron chi connectivity index (χ2n) is 6.19. The first kappa shape index (κ1) is 16.2.